The van der Waals surface area contributed by atoms with Gasteiger partial charge in [-0.25, -0.2) is 0 Å². The summed E-state index contributed by atoms with van der Waals surface area (Å²) in [6, 6.07) is 6.42. The summed E-state index contributed by atoms with van der Waals surface area (Å²) in [6.07, 6.45) is 0. The van der Waals surface area contributed by atoms with E-state index in [9.17, 15) is 4.79 Å². The van der Waals surface area contributed by atoms with Crippen LogP contribution < -0.4 is 5.32 Å². The molecule has 102 valence electrons. The normalized spacial score (nSPS) is 10.7. The first-order chi connectivity index (χ1) is 9.61. The van der Waals surface area contributed by atoms with Gasteiger partial charge in [-0.3, -0.25) is 10.1 Å². The number of nitrogens with one attached hydrogen (secondary N) is 1. The minimum atomic E-state index is -0.494. The van der Waals surface area contributed by atoms with Crippen LogP contribution in [0.2, 0.25) is 0 Å². The average molecular weight is 403 g/mol. The summed E-state index contributed by atoms with van der Waals surface area (Å²) in [5, 5.41) is 9.88. The Morgan fingerprint density at radius 2 is 1.75 bits per heavy atom. The first-order valence-corrected chi connectivity index (χ1v) is 6.86. The van der Waals surface area contributed by atoms with E-state index in [0.717, 1.165) is 0 Å². The quantitative estimate of drug-likeness (QED) is 0.717. The molecule has 0 spiro atoms. The highest BCUT2D eigenvalue weighted by atomic mass is 79.9. The number of rotatable bonds is 3. The molecule has 0 aliphatic rings. The Balaban J connectivity index is 1.76. The van der Waals surface area contributed by atoms with Gasteiger partial charge in [-0.15, -0.1) is 5.10 Å². The van der Waals surface area contributed by atoms with Gasteiger partial charge in [0, 0.05) is 0 Å². The maximum absolute atomic E-state index is 11.8. The Morgan fingerprint density at radius 3 is 2.40 bits per heavy atom. The number of nitrogens with zero attached hydrogens (tertiary/aromatic N) is 2. The number of hydrogen-bond donors (Lipinski definition) is 1. The molecule has 3 aromatic rings. The van der Waals surface area contributed by atoms with E-state index in [1.807, 2.05) is 0 Å². The number of halogens is 2. The van der Waals surface area contributed by atoms with E-state index < -0.39 is 5.91 Å². The summed E-state index contributed by atoms with van der Waals surface area (Å²) in [7, 11) is 0. The molecule has 7 nitrogen and oxygen atoms in total. The number of hydrogen-bond acceptors (Lipinski definition) is 6. The van der Waals surface area contributed by atoms with Gasteiger partial charge >= 0.3 is 6.01 Å². The highest BCUT2D eigenvalue weighted by molar-refractivity contribution is 9.10. The maximum Gasteiger partial charge on any atom is 0.323 e. The number of carbonyl (C=O) groups is 1. The summed E-state index contributed by atoms with van der Waals surface area (Å²) in [4.78, 5) is 11.8. The Morgan fingerprint density at radius 1 is 1.00 bits per heavy atom. The van der Waals surface area contributed by atoms with Crippen LogP contribution in [-0.2, 0) is 0 Å². The molecule has 3 rings (SSSR count). The Hall–Kier alpha value is -1.87. The predicted octanol–water partition coefficient (Wildman–Crippen LogP) is 3.70. The number of furan rings is 2. The molecule has 0 saturated heterocycles. The lowest BCUT2D eigenvalue weighted by Gasteiger charge is -1.95. The first-order valence-electron chi connectivity index (χ1n) is 5.28. The van der Waals surface area contributed by atoms with Crippen LogP contribution in [0.15, 0.2) is 46.9 Å². The fourth-order valence-corrected chi connectivity index (χ4v) is 2.01. The third kappa shape index (κ3) is 2.68. The van der Waals surface area contributed by atoms with Gasteiger partial charge in [-0.1, -0.05) is 5.10 Å². The lowest BCUT2D eigenvalue weighted by molar-refractivity contribution is 0.0992. The van der Waals surface area contributed by atoms with Crippen LogP contribution in [0, 0.1) is 0 Å². The van der Waals surface area contributed by atoms with Gasteiger partial charge in [-0.2, -0.15) is 0 Å². The Kier molecular flexibility index (Phi) is 3.45. The number of amides is 1. The molecule has 0 bridgehead atoms. The smallest absolute Gasteiger partial charge is 0.323 e. The van der Waals surface area contributed by atoms with Gasteiger partial charge in [0.05, 0.1) is 0 Å². The molecule has 1 N–H and O–H groups in total. The van der Waals surface area contributed by atoms with Crippen LogP contribution >= 0.6 is 31.9 Å². The lowest BCUT2D eigenvalue weighted by atomic mass is 10.4. The van der Waals surface area contributed by atoms with Crippen LogP contribution in [0.1, 0.15) is 10.6 Å². The van der Waals surface area contributed by atoms with Gasteiger partial charge in [0.25, 0.3) is 11.8 Å². The lowest BCUT2D eigenvalue weighted by Crippen LogP contribution is -2.10. The van der Waals surface area contributed by atoms with Crippen molar-refractivity contribution in [2.45, 2.75) is 0 Å². The van der Waals surface area contributed by atoms with Crippen molar-refractivity contribution in [2.75, 3.05) is 5.32 Å². The van der Waals surface area contributed by atoms with Crippen molar-refractivity contribution in [3.05, 3.63) is 39.4 Å². The highest BCUT2D eigenvalue weighted by Crippen LogP contribution is 2.25. The second kappa shape index (κ2) is 5.25. The van der Waals surface area contributed by atoms with Gasteiger partial charge in [0.15, 0.2) is 20.9 Å². The van der Waals surface area contributed by atoms with Crippen LogP contribution in [-0.4, -0.2) is 16.1 Å². The van der Waals surface area contributed by atoms with Crippen molar-refractivity contribution < 1.29 is 18.0 Å². The van der Waals surface area contributed by atoms with Crippen LogP contribution in [0.3, 0.4) is 0 Å². The molecule has 0 aliphatic heterocycles. The number of anilines is 1. The molecular formula is C11H5Br2N3O4. The molecule has 0 aromatic carbocycles. The van der Waals surface area contributed by atoms with Gasteiger partial charge in [0.1, 0.15) is 0 Å². The molecule has 0 unspecified atom stereocenters. The standard InChI is InChI=1S/C11H5Br2N3O4/c12-7-3-1-5(18-7)9(17)14-11-16-15-10(20-11)6-2-4-8(13)19-6/h1-4H,(H,14,16,17). The van der Waals surface area contributed by atoms with E-state index >= 15 is 0 Å². The van der Waals surface area contributed by atoms with E-state index in [0.29, 0.717) is 15.1 Å². The summed E-state index contributed by atoms with van der Waals surface area (Å²) in [5.74, 6) is 0.182. The van der Waals surface area contributed by atoms with Crippen molar-refractivity contribution in [3.8, 4) is 11.7 Å². The second-order valence-electron chi connectivity index (χ2n) is 3.57. The maximum atomic E-state index is 11.8. The minimum absolute atomic E-state index is 0.0509. The average Bonchev–Trinajstić information content (AvgIpc) is 3.10. The Labute approximate surface area is 128 Å². The van der Waals surface area contributed by atoms with Gasteiger partial charge < -0.3 is 13.3 Å². The summed E-state index contributed by atoms with van der Waals surface area (Å²) < 4.78 is 16.6. The molecule has 3 aromatic heterocycles. The molecule has 1 amide bonds. The molecule has 0 atom stereocenters. The van der Waals surface area contributed by atoms with Crippen LogP contribution in [0.5, 0.6) is 0 Å². The third-order valence-corrected chi connectivity index (χ3v) is 3.08. The third-order valence-electron chi connectivity index (χ3n) is 2.23. The molecule has 0 saturated carbocycles. The first kappa shape index (κ1) is 13.1. The van der Waals surface area contributed by atoms with E-state index in [2.05, 4.69) is 47.4 Å². The SMILES string of the molecule is O=C(Nc1nnc(-c2ccc(Br)o2)o1)c1ccc(Br)o1. The summed E-state index contributed by atoms with van der Waals surface area (Å²) >= 11 is 6.27. The zero-order chi connectivity index (χ0) is 14.1. The molecule has 0 fully saturated rings. The van der Waals surface area contributed by atoms with E-state index in [-0.39, 0.29) is 17.7 Å². The predicted molar refractivity (Wildman–Crippen MR) is 74.1 cm³/mol. The van der Waals surface area contributed by atoms with Crippen molar-refractivity contribution >= 4 is 43.8 Å². The van der Waals surface area contributed by atoms with E-state index in [1.54, 1.807) is 18.2 Å². The molecule has 20 heavy (non-hydrogen) atoms. The largest absolute Gasteiger partial charge is 0.444 e. The summed E-state index contributed by atoms with van der Waals surface area (Å²) in [5.41, 5.74) is 0. The minimum Gasteiger partial charge on any atom is -0.444 e. The van der Waals surface area contributed by atoms with Crippen LogP contribution in [0.4, 0.5) is 6.01 Å². The zero-order valence-corrected chi connectivity index (χ0v) is 12.8. The number of aromatic nitrogens is 2. The fourth-order valence-electron chi connectivity index (χ4n) is 1.40. The van der Waals surface area contributed by atoms with Crippen molar-refractivity contribution in [2.24, 2.45) is 0 Å². The van der Waals surface area contributed by atoms with Gasteiger partial charge in [-0.05, 0) is 56.1 Å². The second-order valence-corrected chi connectivity index (χ2v) is 5.14. The Bertz CT molecular complexity index is 761. The van der Waals surface area contributed by atoms with Crippen molar-refractivity contribution in [3.63, 3.8) is 0 Å². The van der Waals surface area contributed by atoms with E-state index in [1.165, 1.54) is 6.07 Å². The topological polar surface area (TPSA) is 94.3 Å². The molecule has 0 radical (unpaired) electrons. The molecule has 0 aliphatic carbocycles. The van der Waals surface area contributed by atoms with Crippen molar-refractivity contribution in [1.29, 1.82) is 0 Å². The fraction of sp³-hybridized carbons (Fsp3) is 0. The van der Waals surface area contributed by atoms with E-state index in [4.69, 9.17) is 13.3 Å². The molecule has 9 heteroatoms. The molecule has 3 heterocycles. The summed E-state index contributed by atoms with van der Waals surface area (Å²) in [6.45, 7) is 0. The van der Waals surface area contributed by atoms with Gasteiger partial charge in [0.2, 0.25) is 0 Å². The van der Waals surface area contributed by atoms with Crippen LogP contribution in [0.25, 0.3) is 11.7 Å². The monoisotopic (exact) mass is 401 g/mol. The highest BCUT2D eigenvalue weighted by Gasteiger charge is 2.16. The van der Waals surface area contributed by atoms with Crippen molar-refractivity contribution in [1.82, 2.24) is 10.2 Å². The molecular weight excluding hydrogens is 398 g/mol. The zero-order valence-electron chi connectivity index (χ0n) is 9.59. The number of carbonyl (C=O) groups excluding carboxylic acids is 1.